The first-order valence-corrected chi connectivity index (χ1v) is 3.40. The van der Waals surface area contributed by atoms with Crippen LogP contribution in [-0.4, -0.2) is 0 Å². The fourth-order valence-corrected chi connectivity index (χ4v) is 1.03. The Hall–Kier alpha value is -0.863. The van der Waals surface area contributed by atoms with Gasteiger partial charge in [-0.3, -0.25) is 0 Å². The average Bonchev–Trinajstić information content (AvgIpc) is 2.85. The van der Waals surface area contributed by atoms with Gasteiger partial charge in [-0.25, -0.2) is 5.26 Å². The summed E-state index contributed by atoms with van der Waals surface area (Å²) in [6, 6.07) is 11.7. The van der Waals surface area contributed by atoms with E-state index in [9.17, 15) is 0 Å². The van der Waals surface area contributed by atoms with Gasteiger partial charge in [0.1, 0.15) is 0 Å². The minimum atomic E-state index is -0.0544. The standard InChI is InChI=1S/C9H6NO.Li/c10-6-8-9(11-8)7-4-2-1-3-5-7;/h1-5,9H;/q-1;+1. The van der Waals surface area contributed by atoms with Crippen molar-refractivity contribution >= 4 is 0 Å². The van der Waals surface area contributed by atoms with Crippen LogP contribution in [0.1, 0.15) is 11.7 Å². The van der Waals surface area contributed by atoms with Crippen molar-refractivity contribution in [3.63, 3.8) is 0 Å². The van der Waals surface area contributed by atoms with Gasteiger partial charge in [-0.05, 0) is 11.7 Å². The molecule has 0 N–H and O–H groups in total. The minimum Gasteiger partial charge on any atom is -0.528 e. The molecule has 3 heteroatoms. The topological polar surface area (TPSA) is 36.3 Å². The fraction of sp³-hybridized carbons (Fsp3) is 0.111. The van der Waals surface area contributed by atoms with Crippen LogP contribution in [0.4, 0.5) is 0 Å². The number of nitriles is 1. The second-order valence-electron chi connectivity index (χ2n) is 2.38. The molecule has 1 aromatic rings. The van der Waals surface area contributed by atoms with Crippen LogP contribution in [0.3, 0.4) is 0 Å². The molecule has 1 fully saturated rings. The van der Waals surface area contributed by atoms with Gasteiger partial charge in [0, 0.05) is 0 Å². The summed E-state index contributed by atoms with van der Waals surface area (Å²) >= 11 is 0. The number of ether oxygens (including phenoxy) is 1. The number of epoxide rings is 1. The zero-order valence-electron chi connectivity index (χ0n) is 6.82. The van der Waals surface area contributed by atoms with E-state index >= 15 is 0 Å². The molecule has 1 saturated heterocycles. The van der Waals surface area contributed by atoms with Crippen molar-refractivity contribution in [3.05, 3.63) is 42.0 Å². The molecule has 0 aliphatic carbocycles. The third-order valence-corrected chi connectivity index (χ3v) is 1.64. The maximum atomic E-state index is 8.43. The van der Waals surface area contributed by atoms with Gasteiger partial charge >= 0.3 is 18.9 Å². The molecule has 2 nitrogen and oxygen atoms in total. The van der Waals surface area contributed by atoms with Gasteiger partial charge < -0.3 is 4.74 Å². The average molecular weight is 151 g/mol. The van der Waals surface area contributed by atoms with Gasteiger partial charge in [0.25, 0.3) is 0 Å². The Kier molecular flexibility index (Phi) is 2.84. The predicted octanol–water partition coefficient (Wildman–Crippen LogP) is -1.18. The van der Waals surface area contributed by atoms with E-state index in [1.807, 2.05) is 36.4 Å². The van der Waals surface area contributed by atoms with Gasteiger partial charge in [-0.15, -0.1) is 6.10 Å². The van der Waals surface area contributed by atoms with E-state index in [0.29, 0.717) is 6.10 Å². The first kappa shape index (κ1) is 9.23. The molecule has 54 valence electrons. The van der Waals surface area contributed by atoms with Crippen LogP contribution in [0, 0.1) is 17.4 Å². The van der Waals surface area contributed by atoms with Crippen LogP contribution in [0.25, 0.3) is 0 Å². The third kappa shape index (κ3) is 1.65. The molecule has 0 amide bonds. The first-order valence-electron chi connectivity index (χ1n) is 3.40. The van der Waals surface area contributed by atoms with Crippen LogP contribution < -0.4 is 18.9 Å². The van der Waals surface area contributed by atoms with Gasteiger partial charge in [0.05, 0.1) is 0 Å². The summed E-state index contributed by atoms with van der Waals surface area (Å²) in [5.74, 6) is 0. The van der Waals surface area contributed by atoms with Crippen molar-refractivity contribution in [2.45, 2.75) is 6.10 Å². The SMILES string of the molecule is N#C[C-]1OC1c1ccccc1.[Li+]. The van der Waals surface area contributed by atoms with Gasteiger partial charge in [0.15, 0.2) is 0 Å². The number of benzene rings is 1. The first-order chi connectivity index (χ1) is 5.42. The molecule has 12 heavy (non-hydrogen) atoms. The Morgan fingerprint density at radius 3 is 2.50 bits per heavy atom. The maximum Gasteiger partial charge on any atom is 1.00 e. The molecule has 1 unspecified atom stereocenters. The predicted molar refractivity (Wildman–Crippen MR) is 39.1 cm³/mol. The number of rotatable bonds is 1. The molecule has 0 saturated carbocycles. The van der Waals surface area contributed by atoms with Crippen molar-refractivity contribution in [2.75, 3.05) is 0 Å². The summed E-state index contributed by atoms with van der Waals surface area (Å²) in [6.07, 6.45) is 0.470. The van der Waals surface area contributed by atoms with Crippen LogP contribution >= 0.6 is 0 Å². The summed E-state index contributed by atoms with van der Waals surface area (Å²) in [5.41, 5.74) is 1.06. The molecule has 0 aromatic heterocycles. The quantitative estimate of drug-likeness (QED) is 0.287. The summed E-state index contributed by atoms with van der Waals surface area (Å²) in [5, 5.41) is 8.43. The Morgan fingerprint density at radius 2 is 2.00 bits per heavy atom. The Labute approximate surface area is 83.3 Å². The Bertz CT molecular complexity index is 293. The summed E-state index contributed by atoms with van der Waals surface area (Å²) < 4.78 is 5.01. The van der Waals surface area contributed by atoms with E-state index in [2.05, 4.69) is 0 Å². The molecule has 0 bridgehead atoms. The molecule has 1 atom stereocenters. The van der Waals surface area contributed by atoms with Crippen molar-refractivity contribution < 1.29 is 23.6 Å². The van der Waals surface area contributed by atoms with E-state index in [1.165, 1.54) is 0 Å². The van der Waals surface area contributed by atoms with Crippen LogP contribution in [0.15, 0.2) is 30.3 Å². The van der Waals surface area contributed by atoms with Crippen molar-refractivity contribution in [1.29, 1.82) is 5.26 Å². The third-order valence-electron chi connectivity index (χ3n) is 1.64. The van der Waals surface area contributed by atoms with E-state index < -0.39 is 0 Å². The maximum absolute atomic E-state index is 8.43. The van der Waals surface area contributed by atoms with E-state index in [0.717, 1.165) is 5.56 Å². The Morgan fingerprint density at radius 1 is 1.33 bits per heavy atom. The molecule has 2 rings (SSSR count). The summed E-state index contributed by atoms with van der Waals surface area (Å²) in [4.78, 5) is 0. The summed E-state index contributed by atoms with van der Waals surface area (Å²) in [6.45, 7) is 0. The number of nitrogens with zero attached hydrogens (tertiary/aromatic N) is 1. The molecule has 1 aliphatic rings. The normalized spacial score (nSPS) is 19.2. The number of hydrogen-bond donors (Lipinski definition) is 0. The second-order valence-corrected chi connectivity index (χ2v) is 2.38. The minimum absolute atomic E-state index is 0. The van der Waals surface area contributed by atoms with Gasteiger partial charge in [-0.1, -0.05) is 36.4 Å². The van der Waals surface area contributed by atoms with Crippen molar-refractivity contribution in [3.8, 4) is 6.07 Å². The Balaban J connectivity index is 0.000000720. The molecule has 1 aromatic carbocycles. The van der Waals surface area contributed by atoms with Crippen LogP contribution in [0.2, 0.25) is 0 Å². The monoisotopic (exact) mass is 151 g/mol. The number of hydrogen-bond acceptors (Lipinski definition) is 2. The summed E-state index contributed by atoms with van der Waals surface area (Å²) in [7, 11) is 0. The van der Waals surface area contributed by atoms with Crippen molar-refractivity contribution in [2.24, 2.45) is 0 Å². The molecule has 0 radical (unpaired) electrons. The van der Waals surface area contributed by atoms with Gasteiger partial charge in [-0.2, -0.15) is 0 Å². The zero-order chi connectivity index (χ0) is 7.68. The van der Waals surface area contributed by atoms with E-state index in [4.69, 9.17) is 10.00 Å². The molecular weight excluding hydrogens is 145 g/mol. The molecular formula is C9H6LiNO. The van der Waals surface area contributed by atoms with Crippen molar-refractivity contribution in [1.82, 2.24) is 0 Å². The zero-order valence-corrected chi connectivity index (χ0v) is 6.82. The molecule has 1 heterocycles. The largest absolute Gasteiger partial charge is 1.00 e. The van der Waals surface area contributed by atoms with Gasteiger partial charge in [0.2, 0.25) is 0 Å². The van der Waals surface area contributed by atoms with Crippen LogP contribution in [0.5, 0.6) is 0 Å². The van der Waals surface area contributed by atoms with Crippen LogP contribution in [-0.2, 0) is 4.74 Å². The smallest absolute Gasteiger partial charge is 0.528 e. The van der Waals surface area contributed by atoms with E-state index in [1.54, 1.807) is 0 Å². The fourth-order valence-electron chi connectivity index (χ4n) is 1.03. The second kappa shape index (κ2) is 3.69. The van der Waals surface area contributed by atoms with E-state index in [-0.39, 0.29) is 25.0 Å². The molecule has 0 spiro atoms. The molecule has 1 aliphatic heterocycles.